The Morgan fingerprint density at radius 3 is 2.61 bits per heavy atom. The van der Waals surface area contributed by atoms with Gasteiger partial charge in [-0.1, -0.05) is 6.07 Å². The number of halogens is 1. The van der Waals surface area contributed by atoms with Crippen molar-refractivity contribution in [1.82, 2.24) is 4.98 Å². The summed E-state index contributed by atoms with van der Waals surface area (Å²) in [6.07, 6.45) is 0. The monoisotopic (exact) mass is 324 g/mol. The molecule has 2 aromatic rings. The van der Waals surface area contributed by atoms with Crippen LogP contribution in [-0.4, -0.2) is 4.98 Å². The highest BCUT2D eigenvalue weighted by atomic mass is 79.9. The summed E-state index contributed by atoms with van der Waals surface area (Å²) in [4.78, 5) is 5.89. The molecule has 4 heteroatoms. The van der Waals surface area contributed by atoms with E-state index in [-0.39, 0.29) is 6.04 Å². The van der Waals surface area contributed by atoms with E-state index in [9.17, 15) is 0 Å². The minimum atomic E-state index is 0.216. The predicted molar refractivity (Wildman–Crippen MR) is 82.5 cm³/mol. The smallest absolute Gasteiger partial charge is 0.0901 e. The van der Waals surface area contributed by atoms with Gasteiger partial charge in [0.25, 0.3) is 0 Å². The van der Waals surface area contributed by atoms with Crippen molar-refractivity contribution in [1.29, 1.82) is 0 Å². The van der Waals surface area contributed by atoms with Crippen LogP contribution in [0.25, 0.3) is 0 Å². The van der Waals surface area contributed by atoms with E-state index in [1.807, 2.05) is 0 Å². The van der Waals surface area contributed by atoms with Crippen LogP contribution in [0.4, 0.5) is 5.69 Å². The molecule has 0 radical (unpaired) electrons. The molecule has 0 fully saturated rings. The first-order valence-corrected chi connectivity index (χ1v) is 7.55. The molecule has 18 heavy (non-hydrogen) atoms. The largest absolute Gasteiger partial charge is 0.376 e. The van der Waals surface area contributed by atoms with Gasteiger partial charge in [-0.3, -0.25) is 0 Å². The fraction of sp³-hybridized carbons (Fsp3) is 0.357. The third-order valence-corrected chi connectivity index (χ3v) is 4.44. The molecule has 2 nitrogen and oxygen atoms in total. The summed E-state index contributed by atoms with van der Waals surface area (Å²) in [6, 6.07) is 6.53. The van der Waals surface area contributed by atoms with Crippen LogP contribution in [0.1, 0.15) is 34.1 Å². The first-order chi connectivity index (χ1) is 8.47. The van der Waals surface area contributed by atoms with Crippen molar-refractivity contribution in [2.45, 2.75) is 33.7 Å². The number of nitrogens with one attached hydrogen (secondary N) is 1. The first-order valence-electron chi connectivity index (χ1n) is 5.94. The number of anilines is 1. The molecule has 0 aliphatic rings. The van der Waals surface area contributed by atoms with Crippen molar-refractivity contribution < 1.29 is 0 Å². The summed E-state index contributed by atoms with van der Waals surface area (Å²) >= 11 is 5.33. The summed E-state index contributed by atoms with van der Waals surface area (Å²) in [5.41, 5.74) is 3.51. The average Bonchev–Trinajstić information content (AvgIpc) is 2.63. The normalized spacial score (nSPS) is 12.5. The van der Waals surface area contributed by atoms with Gasteiger partial charge in [-0.15, -0.1) is 11.3 Å². The van der Waals surface area contributed by atoms with Gasteiger partial charge >= 0.3 is 0 Å². The zero-order chi connectivity index (χ0) is 13.3. The molecule has 0 amide bonds. The number of thiazole rings is 1. The topological polar surface area (TPSA) is 24.9 Å². The molecule has 2 rings (SSSR count). The summed E-state index contributed by atoms with van der Waals surface area (Å²) in [5, 5.41) is 4.64. The van der Waals surface area contributed by atoms with Gasteiger partial charge in [-0.25, -0.2) is 4.98 Å². The predicted octanol–water partition coefficient (Wildman–Crippen LogP) is 5.00. The zero-order valence-corrected chi connectivity index (χ0v) is 13.4. The quantitative estimate of drug-likeness (QED) is 0.858. The Morgan fingerprint density at radius 2 is 2.00 bits per heavy atom. The van der Waals surface area contributed by atoms with Gasteiger partial charge < -0.3 is 5.32 Å². The molecular formula is C14H17BrN2S. The molecule has 1 aromatic carbocycles. The highest BCUT2D eigenvalue weighted by Gasteiger charge is 2.14. The number of nitrogens with zero attached hydrogens (tertiary/aromatic N) is 1. The lowest BCUT2D eigenvalue weighted by Crippen LogP contribution is -2.08. The van der Waals surface area contributed by atoms with Gasteiger partial charge in [-0.05, 0) is 61.3 Å². The van der Waals surface area contributed by atoms with Crippen molar-refractivity contribution in [3.8, 4) is 0 Å². The van der Waals surface area contributed by atoms with E-state index in [0.29, 0.717) is 0 Å². The standard InChI is InChI=1S/C14H17BrN2S/c1-8-5-6-12(15)13(7-8)16-9(2)14-10(3)18-11(4)17-14/h5-7,9,16H,1-4H3. The number of benzene rings is 1. The van der Waals surface area contributed by atoms with E-state index in [2.05, 4.69) is 72.1 Å². The van der Waals surface area contributed by atoms with Crippen LogP contribution in [0.5, 0.6) is 0 Å². The third kappa shape index (κ3) is 2.93. The van der Waals surface area contributed by atoms with Gasteiger partial charge in [0.05, 0.1) is 16.7 Å². The first kappa shape index (κ1) is 13.6. The van der Waals surface area contributed by atoms with Gasteiger partial charge in [0.2, 0.25) is 0 Å². The minimum absolute atomic E-state index is 0.216. The summed E-state index contributed by atoms with van der Waals surface area (Å²) in [6.45, 7) is 8.43. The summed E-state index contributed by atoms with van der Waals surface area (Å²) in [7, 11) is 0. The number of aryl methyl sites for hydroxylation is 3. The Hall–Kier alpha value is -0.870. The molecule has 1 heterocycles. The molecular weight excluding hydrogens is 308 g/mol. The number of hydrogen-bond acceptors (Lipinski definition) is 3. The average molecular weight is 325 g/mol. The molecule has 0 bridgehead atoms. The molecule has 0 saturated heterocycles. The Morgan fingerprint density at radius 1 is 1.28 bits per heavy atom. The van der Waals surface area contributed by atoms with Gasteiger partial charge in [0, 0.05) is 15.0 Å². The zero-order valence-electron chi connectivity index (χ0n) is 11.0. The van der Waals surface area contributed by atoms with Crippen LogP contribution in [0.3, 0.4) is 0 Å². The van der Waals surface area contributed by atoms with Gasteiger partial charge in [0.1, 0.15) is 0 Å². The Labute approximate surface area is 121 Å². The molecule has 0 saturated carbocycles. The fourth-order valence-corrected chi connectivity index (χ4v) is 3.27. The molecule has 0 aliphatic carbocycles. The van der Waals surface area contributed by atoms with Crippen LogP contribution >= 0.6 is 27.3 Å². The van der Waals surface area contributed by atoms with Gasteiger partial charge in [-0.2, -0.15) is 0 Å². The summed E-state index contributed by atoms with van der Waals surface area (Å²) < 4.78 is 1.09. The maximum Gasteiger partial charge on any atom is 0.0901 e. The molecule has 96 valence electrons. The lowest BCUT2D eigenvalue weighted by molar-refractivity contribution is 0.836. The second-order valence-corrected chi connectivity index (χ2v) is 6.79. The Kier molecular flexibility index (Phi) is 4.07. The molecule has 1 atom stereocenters. The lowest BCUT2D eigenvalue weighted by atomic mass is 10.1. The van der Waals surface area contributed by atoms with E-state index in [4.69, 9.17) is 0 Å². The van der Waals surface area contributed by atoms with Crippen LogP contribution in [0.2, 0.25) is 0 Å². The molecule has 0 spiro atoms. The number of rotatable bonds is 3. The highest BCUT2D eigenvalue weighted by molar-refractivity contribution is 9.10. The van der Waals surface area contributed by atoms with Crippen LogP contribution in [-0.2, 0) is 0 Å². The van der Waals surface area contributed by atoms with Crippen molar-refractivity contribution in [3.63, 3.8) is 0 Å². The highest BCUT2D eigenvalue weighted by Crippen LogP contribution is 2.29. The molecule has 1 N–H and O–H groups in total. The SMILES string of the molecule is Cc1ccc(Br)c(NC(C)c2nc(C)sc2C)c1. The minimum Gasteiger partial charge on any atom is -0.376 e. The van der Waals surface area contributed by atoms with Crippen LogP contribution in [0.15, 0.2) is 22.7 Å². The van der Waals surface area contributed by atoms with E-state index in [0.717, 1.165) is 20.9 Å². The van der Waals surface area contributed by atoms with Crippen molar-refractivity contribution in [2.75, 3.05) is 5.32 Å². The maximum atomic E-state index is 4.60. The fourth-order valence-electron chi connectivity index (χ4n) is 2.00. The second kappa shape index (κ2) is 5.41. The number of aromatic nitrogens is 1. The van der Waals surface area contributed by atoms with E-state index >= 15 is 0 Å². The van der Waals surface area contributed by atoms with Crippen molar-refractivity contribution in [2.24, 2.45) is 0 Å². The third-order valence-electron chi connectivity index (χ3n) is 2.84. The van der Waals surface area contributed by atoms with Crippen molar-refractivity contribution in [3.05, 3.63) is 43.8 Å². The summed E-state index contributed by atoms with van der Waals surface area (Å²) in [5.74, 6) is 0. The molecule has 0 aliphatic heterocycles. The second-order valence-electron chi connectivity index (χ2n) is 4.52. The van der Waals surface area contributed by atoms with E-state index in [1.165, 1.54) is 10.4 Å². The molecule has 1 aromatic heterocycles. The van der Waals surface area contributed by atoms with Crippen LogP contribution in [0, 0.1) is 20.8 Å². The van der Waals surface area contributed by atoms with E-state index in [1.54, 1.807) is 11.3 Å². The molecule has 1 unspecified atom stereocenters. The van der Waals surface area contributed by atoms with E-state index < -0.39 is 0 Å². The lowest BCUT2D eigenvalue weighted by Gasteiger charge is -2.16. The van der Waals surface area contributed by atoms with Gasteiger partial charge in [0.15, 0.2) is 0 Å². The van der Waals surface area contributed by atoms with Crippen molar-refractivity contribution >= 4 is 33.0 Å². The Balaban J connectivity index is 2.23. The maximum absolute atomic E-state index is 4.60. The Bertz CT molecular complexity index is 563. The van der Waals surface area contributed by atoms with Crippen LogP contribution < -0.4 is 5.32 Å². The number of hydrogen-bond donors (Lipinski definition) is 1.